The van der Waals surface area contributed by atoms with Crippen LogP contribution in [0.2, 0.25) is 5.02 Å². The van der Waals surface area contributed by atoms with Gasteiger partial charge in [0.1, 0.15) is 0 Å². The zero-order valence-corrected chi connectivity index (χ0v) is 23.3. The Morgan fingerprint density at radius 1 is 0.857 bits per heavy atom. The number of alkyl halides is 1. The van der Waals surface area contributed by atoms with Gasteiger partial charge in [-0.05, 0) is 89.3 Å². The highest BCUT2D eigenvalue weighted by molar-refractivity contribution is 9.10. The number of ketones is 2. The van der Waals surface area contributed by atoms with Crippen LogP contribution < -0.4 is 0 Å². The predicted molar refractivity (Wildman–Crippen MR) is 146 cm³/mol. The molecule has 0 radical (unpaired) electrons. The molecule has 5 heteroatoms. The zero-order valence-electron chi connectivity index (χ0n) is 21.0. The molecule has 0 bridgehead atoms. The molecule has 0 atom stereocenters. The molecule has 35 heavy (non-hydrogen) atoms. The Morgan fingerprint density at radius 2 is 1.40 bits per heavy atom. The lowest BCUT2D eigenvalue weighted by molar-refractivity contribution is 0.00524. The normalized spacial score (nSPS) is 21.3. The van der Waals surface area contributed by atoms with Crippen molar-refractivity contribution in [3.05, 3.63) is 81.4 Å². The second kappa shape index (κ2) is 10.3. The minimum atomic E-state index is -0.860. The summed E-state index contributed by atoms with van der Waals surface area (Å²) in [5, 5.41) is 0.743. The first-order valence-electron chi connectivity index (χ1n) is 12.5. The molecule has 1 fully saturated rings. The van der Waals surface area contributed by atoms with E-state index in [0.717, 1.165) is 37.1 Å². The lowest BCUT2D eigenvalue weighted by Gasteiger charge is -2.37. The molecule has 186 valence electrons. The van der Waals surface area contributed by atoms with Crippen molar-refractivity contribution in [2.24, 2.45) is 5.92 Å². The number of carbonyl (C=O) groups is 2. The standard InChI is InChI=1S/C30H34BrClO3/c1-29(2,31)17-18-35-30(3,4)26-25(27(33)23-7-5-6-8-24(23)28(26)34)21-11-9-19(10-12-21)20-13-15-22(32)16-14-20/h5-8,13-16,19,21H,9-12,17-18H2,1-4H3. The first kappa shape index (κ1) is 26.3. The van der Waals surface area contributed by atoms with Crippen molar-refractivity contribution >= 4 is 39.1 Å². The number of allylic oxidation sites excluding steroid dienone is 1. The quantitative estimate of drug-likeness (QED) is 0.321. The van der Waals surface area contributed by atoms with Gasteiger partial charge in [0.05, 0.1) is 5.60 Å². The fraction of sp³-hybridized carbons (Fsp3) is 0.467. The Kier molecular flexibility index (Phi) is 7.76. The first-order chi connectivity index (χ1) is 16.5. The Labute approximate surface area is 222 Å². The Balaban J connectivity index is 1.65. The number of hydrogen-bond acceptors (Lipinski definition) is 3. The fourth-order valence-corrected chi connectivity index (χ4v) is 5.74. The van der Waals surface area contributed by atoms with Gasteiger partial charge in [0.2, 0.25) is 0 Å². The van der Waals surface area contributed by atoms with Crippen LogP contribution in [-0.4, -0.2) is 28.1 Å². The molecule has 3 nitrogen and oxygen atoms in total. The molecule has 0 aliphatic heterocycles. The maximum Gasteiger partial charge on any atom is 0.193 e. The molecule has 2 aromatic rings. The lowest BCUT2D eigenvalue weighted by Crippen LogP contribution is -2.40. The van der Waals surface area contributed by atoms with E-state index >= 15 is 0 Å². The largest absolute Gasteiger partial charge is 0.371 e. The number of halogens is 2. The number of rotatable bonds is 7. The van der Waals surface area contributed by atoms with E-state index in [4.69, 9.17) is 16.3 Å². The minimum absolute atomic E-state index is 0.0114. The van der Waals surface area contributed by atoms with Crippen LogP contribution in [0.3, 0.4) is 0 Å². The molecule has 0 aromatic heterocycles. The molecule has 2 aliphatic rings. The van der Waals surface area contributed by atoms with Crippen LogP contribution in [0.1, 0.15) is 92.0 Å². The van der Waals surface area contributed by atoms with E-state index in [9.17, 15) is 9.59 Å². The van der Waals surface area contributed by atoms with E-state index in [-0.39, 0.29) is 21.8 Å². The van der Waals surface area contributed by atoms with Crippen LogP contribution in [-0.2, 0) is 4.74 Å². The van der Waals surface area contributed by atoms with Crippen molar-refractivity contribution in [3.63, 3.8) is 0 Å². The second-order valence-corrected chi connectivity index (χ2v) is 13.5. The maximum atomic E-state index is 13.9. The van der Waals surface area contributed by atoms with Crippen LogP contribution >= 0.6 is 27.5 Å². The molecule has 0 heterocycles. The molecule has 2 aliphatic carbocycles. The summed E-state index contributed by atoms with van der Waals surface area (Å²) < 4.78 is 6.27. The van der Waals surface area contributed by atoms with Gasteiger partial charge in [0.25, 0.3) is 0 Å². The van der Waals surface area contributed by atoms with Crippen molar-refractivity contribution in [2.75, 3.05) is 6.61 Å². The van der Waals surface area contributed by atoms with Crippen molar-refractivity contribution < 1.29 is 14.3 Å². The Morgan fingerprint density at radius 3 is 1.97 bits per heavy atom. The molecule has 0 N–H and O–H groups in total. The van der Waals surface area contributed by atoms with Gasteiger partial charge >= 0.3 is 0 Å². The van der Waals surface area contributed by atoms with Gasteiger partial charge in [-0.1, -0.05) is 63.9 Å². The van der Waals surface area contributed by atoms with E-state index in [1.807, 2.05) is 38.1 Å². The summed E-state index contributed by atoms with van der Waals surface area (Å²) in [6, 6.07) is 15.3. The molecule has 0 unspecified atom stereocenters. The van der Waals surface area contributed by atoms with Crippen molar-refractivity contribution in [2.45, 2.75) is 75.6 Å². The van der Waals surface area contributed by atoms with E-state index in [1.165, 1.54) is 5.56 Å². The van der Waals surface area contributed by atoms with Crippen LogP contribution in [0, 0.1) is 5.92 Å². The van der Waals surface area contributed by atoms with E-state index in [2.05, 4.69) is 41.9 Å². The lowest BCUT2D eigenvalue weighted by atomic mass is 9.68. The monoisotopic (exact) mass is 556 g/mol. The predicted octanol–water partition coefficient (Wildman–Crippen LogP) is 8.35. The summed E-state index contributed by atoms with van der Waals surface area (Å²) in [6.45, 7) is 8.55. The van der Waals surface area contributed by atoms with Gasteiger partial charge in [-0.2, -0.15) is 0 Å². The fourth-order valence-electron chi connectivity index (χ4n) is 5.45. The van der Waals surface area contributed by atoms with Crippen molar-refractivity contribution in [1.29, 1.82) is 0 Å². The van der Waals surface area contributed by atoms with Gasteiger partial charge in [0, 0.05) is 38.2 Å². The zero-order chi connectivity index (χ0) is 25.4. The molecular weight excluding hydrogens is 524 g/mol. The summed E-state index contributed by atoms with van der Waals surface area (Å²) >= 11 is 9.74. The molecular formula is C30H34BrClO3. The Hall–Kier alpha value is -1.75. The summed E-state index contributed by atoms with van der Waals surface area (Å²) in [4.78, 5) is 27.7. The average molecular weight is 558 g/mol. The SMILES string of the molecule is CC(C)(Br)CCOC(C)(C)C1=C(C2CCC(c3ccc(Cl)cc3)CC2)C(=O)c2ccccc2C1=O. The van der Waals surface area contributed by atoms with Crippen LogP contribution in [0.4, 0.5) is 0 Å². The summed E-state index contributed by atoms with van der Waals surface area (Å²) in [6.07, 6.45) is 4.50. The third-order valence-corrected chi connectivity index (χ3v) is 8.04. The van der Waals surface area contributed by atoms with Crippen LogP contribution in [0.15, 0.2) is 59.7 Å². The highest BCUT2D eigenvalue weighted by atomic mass is 79.9. The van der Waals surface area contributed by atoms with Gasteiger partial charge in [-0.3, -0.25) is 9.59 Å². The molecule has 2 aromatic carbocycles. The molecule has 0 spiro atoms. The third-order valence-electron chi connectivity index (χ3n) is 7.40. The van der Waals surface area contributed by atoms with Gasteiger partial charge in [0.15, 0.2) is 11.6 Å². The number of ether oxygens (including phenoxy) is 1. The number of Topliss-reactive ketones (excluding diaryl/α,β-unsaturated/α-hetero) is 2. The number of fused-ring (bicyclic) bond motifs is 1. The van der Waals surface area contributed by atoms with Gasteiger partial charge in [-0.25, -0.2) is 0 Å². The number of carbonyl (C=O) groups excluding carboxylic acids is 2. The average Bonchev–Trinajstić information content (AvgIpc) is 2.81. The topological polar surface area (TPSA) is 43.4 Å². The molecule has 4 rings (SSSR count). The highest BCUT2D eigenvalue weighted by Crippen LogP contribution is 2.45. The number of benzene rings is 2. The smallest absolute Gasteiger partial charge is 0.193 e. The van der Waals surface area contributed by atoms with E-state index < -0.39 is 5.60 Å². The maximum absolute atomic E-state index is 13.9. The first-order valence-corrected chi connectivity index (χ1v) is 13.7. The summed E-state index contributed by atoms with van der Waals surface area (Å²) in [5.74, 6) is 0.411. The minimum Gasteiger partial charge on any atom is -0.371 e. The molecule has 1 saturated carbocycles. The van der Waals surface area contributed by atoms with Crippen LogP contribution in [0.25, 0.3) is 0 Å². The summed E-state index contributed by atoms with van der Waals surface area (Å²) in [5.41, 5.74) is 2.66. The van der Waals surface area contributed by atoms with E-state index in [1.54, 1.807) is 12.1 Å². The van der Waals surface area contributed by atoms with E-state index in [0.29, 0.717) is 34.8 Å². The van der Waals surface area contributed by atoms with Gasteiger partial charge in [-0.15, -0.1) is 0 Å². The van der Waals surface area contributed by atoms with Crippen LogP contribution in [0.5, 0.6) is 0 Å². The van der Waals surface area contributed by atoms with Crippen molar-refractivity contribution in [1.82, 2.24) is 0 Å². The molecule has 0 amide bonds. The van der Waals surface area contributed by atoms with Crippen molar-refractivity contribution in [3.8, 4) is 0 Å². The molecule has 0 saturated heterocycles. The Bertz CT molecular complexity index is 1130. The van der Waals surface area contributed by atoms with Gasteiger partial charge < -0.3 is 4.74 Å². The second-order valence-electron chi connectivity index (χ2n) is 10.9. The number of hydrogen-bond donors (Lipinski definition) is 0. The highest BCUT2D eigenvalue weighted by Gasteiger charge is 2.43. The third kappa shape index (κ3) is 5.81. The summed E-state index contributed by atoms with van der Waals surface area (Å²) in [7, 11) is 0.